The minimum Gasteiger partial charge on any atom is -0.325 e. The Kier molecular flexibility index (Phi) is 4.87. The normalized spacial score (nSPS) is 25.6. The van der Waals surface area contributed by atoms with Gasteiger partial charge in [0, 0.05) is 18.1 Å². The van der Waals surface area contributed by atoms with E-state index in [9.17, 15) is 0 Å². The summed E-state index contributed by atoms with van der Waals surface area (Å²) in [6, 6.07) is 0.860. The van der Waals surface area contributed by atoms with Crippen molar-refractivity contribution in [2.24, 2.45) is 5.73 Å². The average molecular weight is 238 g/mol. The zero-order valence-electron chi connectivity index (χ0n) is 11.6. The van der Waals surface area contributed by atoms with Crippen LogP contribution in [0.15, 0.2) is 0 Å². The van der Waals surface area contributed by atoms with Crippen molar-refractivity contribution in [1.29, 1.82) is 0 Å². The number of nitrogens with zero attached hydrogens (tertiary/aromatic N) is 1. The second-order valence-electron chi connectivity index (χ2n) is 6.24. The molecule has 2 saturated carbocycles. The van der Waals surface area contributed by atoms with Gasteiger partial charge in [-0.15, -0.1) is 0 Å². The van der Waals surface area contributed by atoms with E-state index in [1.165, 1.54) is 77.3 Å². The van der Waals surface area contributed by atoms with Gasteiger partial charge in [-0.3, -0.25) is 0 Å². The van der Waals surface area contributed by atoms with Crippen LogP contribution < -0.4 is 5.73 Å². The molecular weight excluding hydrogens is 208 g/mol. The highest BCUT2D eigenvalue weighted by atomic mass is 15.1. The van der Waals surface area contributed by atoms with Gasteiger partial charge in [0.25, 0.3) is 0 Å². The summed E-state index contributed by atoms with van der Waals surface area (Å²) in [7, 11) is 0. The van der Waals surface area contributed by atoms with Crippen molar-refractivity contribution in [2.75, 3.05) is 13.1 Å². The van der Waals surface area contributed by atoms with Crippen molar-refractivity contribution >= 4 is 0 Å². The highest BCUT2D eigenvalue weighted by Crippen LogP contribution is 2.31. The van der Waals surface area contributed by atoms with Gasteiger partial charge >= 0.3 is 0 Å². The molecule has 0 aromatic heterocycles. The molecule has 2 aliphatic carbocycles. The monoisotopic (exact) mass is 238 g/mol. The molecule has 0 bridgehead atoms. The molecule has 17 heavy (non-hydrogen) atoms. The van der Waals surface area contributed by atoms with Crippen LogP contribution >= 0.6 is 0 Å². The van der Waals surface area contributed by atoms with Crippen LogP contribution in [0, 0.1) is 0 Å². The second-order valence-corrected chi connectivity index (χ2v) is 6.24. The van der Waals surface area contributed by atoms with Crippen molar-refractivity contribution in [3.05, 3.63) is 0 Å². The van der Waals surface area contributed by atoms with Crippen molar-refractivity contribution < 1.29 is 0 Å². The standard InChI is InChI=1S/C15H30N2/c1-2-17(14-8-4-3-5-9-14)13-12-15(16)10-6-7-11-15/h14H,2-13,16H2,1H3. The fraction of sp³-hybridized carbons (Fsp3) is 1.00. The summed E-state index contributed by atoms with van der Waals surface area (Å²) in [5.74, 6) is 0. The van der Waals surface area contributed by atoms with Crippen LogP contribution in [0.4, 0.5) is 0 Å². The molecule has 2 N–H and O–H groups in total. The van der Waals surface area contributed by atoms with E-state index in [2.05, 4.69) is 11.8 Å². The van der Waals surface area contributed by atoms with Crippen LogP contribution in [0.3, 0.4) is 0 Å². The predicted octanol–water partition coefficient (Wildman–Crippen LogP) is 3.30. The van der Waals surface area contributed by atoms with Crippen LogP contribution in [0.5, 0.6) is 0 Å². The van der Waals surface area contributed by atoms with Gasteiger partial charge in [-0.25, -0.2) is 0 Å². The first-order chi connectivity index (χ1) is 8.23. The Balaban J connectivity index is 1.78. The molecule has 2 nitrogen and oxygen atoms in total. The average Bonchev–Trinajstić information content (AvgIpc) is 2.79. The molecule has 2 aliphatic rings. The van der Waals surface area contributed by atoms with Gasteiger partial charge in [0.2, 0.25) is 0 Å². The topological polar surface area (TPSA) is 29.3 Å². The third-order valence-corrected chi connectivity index (χ3v) is 4.99. The quantitative estimate of drug-likeness (QED) is 0.796. The van der Waals surface area contributed by atoms with E-state index in [1.807, 2.05) is 0 Å². The number of hydrogen-bond acceptors (Lipinski definition) is 2. The molecule has 100 valence electrons. The van der Waals surface area contributed by atoms with Gasteiger partial charge in [0.05, 0.1) is 0 Å². The summed E-state index contributed by atoms with van der Waals surface area (Å²) in [5, 5.41) is 0. The van der Waals surface area contributed by atoms with Crippen LogP contribution in [-0.4, -0.2) is 29.6 Å². The van der Waals surface area contributed by atoms with Crippen molar-refractivity contribution in [3.8, 4) is 0 Å². The van der Waals surface area contributed by atoms with Crippen LogP contribution in [-0.2, 0) is 0 Å². The molecule has 0 atom stereocenters. The molecule has 0 unspecified atom stereocenters. The Labute approximate surface area is 107 Å². The summed E-state index contributed by atoms with van der Waals surface area (Å²) in [5.41, 5.74) is 6.65. The Bertz CT molecular complexity index is 215. The van der Waals surface area contributed by atoms with Gasteiger partial charge in [-0.05, 0) is 38.6 Å². The molecular formula is C15H30N2. The van der Waals surface area contributed by atoms with E-state index in [4.69, 9.17) is 5.73 Å². The molecule has 0 spiro atoms. The first kappa shape index (κ1) is 13.4. The van der Waals surface area contributed by atoms with Gasteiger partial charge in [-0.1, -0.05) is 39.0 Å². The van der Waals surface area contributed by atoms with Gasteiger partial charge in [0.1, 0.15) is 0 Å². The van der Waals surface area contributed by atoms with Crippen LogP contribution in [0.1, 0.15) is 71.1 Å². The van der Waals surface area contributed by atoms with Crippen LogP contribution in [0.2, 0.25) is 0 Å². The lowest BCUT2D eigenvalue weighted by Gasteiger charge is -2.36. The third kappa shape index (κ3) is 3.69. The minimum absolute atomic E-state index is 0.183. The minimum atomic E-state index is 0.183. The molecule has 0 aliphatic heterocycles. The Morgan fingerprint density at radius 3 is 2.29 bits per heavy atom. The molecule has 2 heteroatoms. The lowest BCUT2D eigenvalue weighted by atomic mass is 9.91. The summed E-state index contributed by atoms with van der Waals surface area (Å²) in [4.78, 5) is 2.70. The Hall–Kier alpha value is -0.0800. The van der Waals surface area contributed by atoms with E-state index in [-0.39, 0.29) is 5.54 Å². The lowest BCUT2D eigenvalue weighted by molar-refractivity contribution is 0.149. The van der Waals surface area contributed by atoms with Gasteiger partial charge in [0.15, 0.2) is 0 Å². The summed E-state index contributed by atoms with van der Waals surface area (Å²) >= 11 is 0. The van der Waals surface area contributed by atoms with E-state index >= 15 is 0 Å². The molecule has 2 fully saturated rings. The lowest BCUT2D eigenvalue weighted by Crippen LogP contribution is -2.44. The van der Waals surface area contributed by atoms with Gasteiger partial charge in [-0.2, -0.15) is 0 Å². The maximum absolute atomic E-state index is 6.46. The van der Waals surface area contributed by atoms with E-state index in [0.29, 0.717) is 0 Å². The highest BCUT2D eigenvalue weighted by molar-refractivity contribution is 4.90. The summed E-state index contributed by atoms with van der Waals surface area (Å²) < 4.78 is 0. The number of rotatable bonds is 5. The molecule has 0 aromatic rings. The third-order valence-electron chi connectivity index (χ3n) is 4.99. The molecule has 0 amide bonds. The summed E-state index contributed by atoms with van der Waals surface area (Å²) in [6.07, 6.45) is 13.6. The largest absolute Gasteiger partial charge is 0.325 e. The maximum Gasteiger partial charge on any atom is 0.0166 e. The fourth-order valence-electron chi connectivity index (χ4n) is 3.74. The fourth-order valence-corrected chi connectivity index (χ4v) is 3.74. The summed E-state index contributed by atoms with van der Waals surface area (Å²) in [6.45, 7) is 4.75. The van der Waals surface area contributed by atoms with Crippen molar-refractivity contribution in [1.82, 2.24) is 4.90 Å². The molecule has 2 rings (SSSR count). The zero-order valence-corrected chi connectivity index (χ0v) is 11.6. The molecule has 0 saturated heterocycles. The first-order valence-electron chi connectivity index (χ1n) is 7.76. The van der Waals surface area contributed by atoms with Gasteiger partial charge < -0.3 is 10.6 Å². The number of hydrogen-bond donors (Lipinski definition) is 1. The van der Waals surface area contributed by atoms with Crippen LogP contribution in [0.25, 0.3) is 0 Å². The predicted molar refractivity (Wildman–Crippen MR) is 74.1 cm³/mol. The smallest absolute Gasteiger partial charge is 0.0166 e. The highest BCUT2D eigenvalue weighted by Gasteiger charge is 2.30. The molecule has 0 heterocycles. The SMILES string of the molecule is CCN(CCC1(N)CCCC1)C1CCCCC1. The first-order valence-corrected chi connectivity index (χ1v) is 7.76. The number of nitrogens with two attached hydrogens (primary N) is 1. The Morgan fingerprint density at radius 1 is 1.06 bits per heavy atom. The Morgan fingerprint density at radius 2 is 1.71 bits per heavy atom. The second kappa shape index (κ2) is 6.19. The zero-order chi connectivity index (χ0) is 12.1. The molecule has 0 radical (unpaired) electrons. The van der Waals surface area contributed by atoms with E-state index in [0.717, 1.165) is 6.04 Å². The van der Waals surface area contributed by atoms with Crippen molar-refractivity contribution in [3.63, 3.8) is 0 Å². The maximum atomic E-state index is 6.46. The van der Waals surface area contributed by atoms with E-state index in [1.54, 1.807) is 0 Å². The molecule has 0 aromatic carbocycles. The van der Waals surface area contributed by atoms with E-state index < -0.39 is 0 Å². The van der Waals surface area contributed by atoms with Crippen molar-refractivity contribution in [2.45, 2.75) is 82.7 Å².